The van der Waals surface area contributed by atoms with E-state index in [-0.39, 0.29) is 50.7 Å². The van der Waals surface area contributed by atoms with Crippen molar-refractivity contribution in [3.8, 4) is 0 Å². The molecule has 22 heavy (non-hydrogen) atoms. The number of hydrogen-bond donors (Lipinski definition) is 0. The predicted octanol–water partition coefficient (Wildman–Crippen LogP) is -0.814. The number of hydrogen-bond acceptors (Lipinski definition) is 0. The third kappa shape index (κ3) is 13.2. The molecule has 2 aromatic carbocycles. The second-order valence-corrected chi connectivity index (χ2v) is 7.80. The molecule has 0 spiro atoms. The van der Waals surface area contributed by atoms with Crippen LogP contribution < -0.4 is 24.8 Å². The Morgan fingerprint density at radius 2 is 0.909 bits per heavy atom. The molecule has 0 fully saturated rings. The van der Waals surface area contributed by atoms with Gasteiger partial charge in [0.25, 0.3) is 0 Å². The fraction of sp³-hybridized carbons (Fsp3) is 0.444. The Balaban J connectivity index is -0.000000112. The first-order chi connectivity index (χ1) is 8.81. The number of rotatable bonds is 0. The van der Waals surface area contributed by atoms with Gasteiger partial charge in [-0.2, -0.15) is 45.5 Å². The molecule has 4 heteroatoms. The van der Waals surface area contributed by atoms with Gasteiger partial charge in [0.1, 0.15) is 0 Å². The average Bonchev–Trinajstić information content (AvgIpc) is 2.72. The van der Waals surface area contributed by atoms with E-state index in [4.69, 9.17) is 0 Å². The van der Waals surface area contributed by atoms with Crippen LogP contribution in [0.25, 0.3) is 0 Å². The van der Waals surface area contributed by atoms with E-state index in [1.807, 2.05) is 0 Å². The van der Waals surface area contributed by atoms with Crippen LogP contribution in [0.1, 0.15) is 33.4 Å². The molecule has 0 aromatic heterocycles. The van der Waals surface area contributed by atoms with E-state index in [0.29, 0.717) is 15.4 Å². The van der Waals surface area contributed by atoms with Crippen molar-refractivity contribution in [2.75, 3.05) is 0 Å². The Hall–Kier alpha value is 0.693. The Labute approximate surface area is 175 Å². The molecule has 0 aliphatic rings. The van der Waals surface area contributed by atoms with Crippen LogP contribution in [-0.4, -0.2) is 15.4 Å². The van der Waals surface area contributed by atoms with E-state index in [9.17, 15) is 0 Å². The number of halogens is 2. The van der Waals surface area contributed by atoms with Crippen LogP contribution in [0.5, 0.6) is 0 Å². The van der Waals surface area contributed by atoms with Crippen molar-refractivity contribution < 1.29 is 50.7 Å². The summed E-state index contributed by atoms with van der Waals surface area (Å²) in [6.07, 6.45) is 0. The van der Waals surface area contributed by atoms with E-state index >= 15 is 0 Å². The van der Waals surface area contributed by atoms with E-state index in [1.54, 1.807) is 0 Å². The molecule has 0 heterocycles. The van der Waals surface area contributed by atoms with Crippen LogP contribution in [-0.2, 0) is 25.8 Å². The molecule has 0 aliphatic heterocycles. The minimum Gasteiger partial charge on any atom is -1.00 e. The zero-order valence-electron chi connectivity index (χ0n) is 15.1. The quantitative estimate of drug-likeness (QED) is 0.289. The summed E-state index contributed by atoms with van der Waals surface area (Å²) in [7, 11) is 0. The van der Waals surface area contributed by atoms with Gasteiger partial charge >= 0.3 is 52.8 Å². The van der Waals surface area contributed by atoms with Gasteiger partial charge in [0.2, 0.25) is 0 Å². The van der Waals surface area contributed by atoms with Crippen molar-refractivity contribution >= 4 is 15.4 Å². The summed E-state index contributed by atoms with van der Waals surface area (Å²) in [5, 5.41) is 0. The summed E-state index contributed by atoms with van der Waals surface area (Å²) in [4.78, 5) is 0. The van der Waals surface area contributed by atoms with Crippen molar-refractivity contribution in [2.45, 2.75) is 53.1 Å². The summed E-state index contributed by atoms with van der Waals surface area (Å²) in [5.74, 6) is 4.56. The molecule has 0 bridgehead atoms. The van der Waals surface area contributed by atoms with Crippen molar-refractivity contribution in [1.82, 2.24) is 0 Å². The molecule has 2 rings (SSSR count). The summed E-state index contributed by atoms with van der Waals surface area (Å²) in [6, 6.07) is 8.81. The maximum atomic E-state index is 2.28. The topological polar surface area (TPSA) is 0 Å². The molecule has 123 valence electrons. The summed E-state index contributed by atoms with van der Waals surface area (Å²) in [6.45, 7) is 12.8. The zero-order valence-corrected chi connectivity index (χ0v) is 22.7. The maximum absolute atomic E-state index is 2.28. The van der Waals surface area contributed by atoms with Gasteiger partial charge in [0.15, 0.2) is 0 Å². The molecule has 2 aromatic rings. The Kier molecular flexibility index (Phi) is 23.0. The molecule has 0 N–H and O–H groups in total. The third-order valence-electron chi connectivity index (χ3n) is 3.02. The van der Waals surface area contributed by atoms with Crippen molar-refractivity contribution in [2.24, 2.45) is 0 Å². The maximum Gasteiger partial charge on any atom is 4.00 e. The third-order valence-corrected chi connectivity index (χ3v) is 3.02. The van der Waals surface area contributed by atoms with E-state index in [1.165, 1.54) is 33.4 Å². The minimum atomic E-state index is 0. The monoisotopic (exact) mass is 569 g/mol. The van der Waals surface area contributed by atoms with Gasteiger partial charge in [-0.3, -0.25) is 0 Å². The second-order valence-electron chi connectivity index (χ2n) is 5.37. The van der Waals surface area contributed by atoms with Crippen LogP contribution in [0.3, 0.4) is 0 Å². The largest absolute Gasteiger partial charge is 4.00 e. The summed E-state index contributed by atoms with van der Waals surface area (Å²) >= 11 is 0.312. The van der Waals surface area contributed by atoms with Crippen molar-refractivity contribution in [3.05, 3.63) is 57.6 Å². The minimum absolute atomic E-state index is 0. The molecule has 0 saturated carbocycles. The Morgan fingerprint density at radius 3 is 0.955 bits per heavy atom. The average molecular weight is 567 g/mol. The zero-order chi connectivity index (χ0) is 15.0. The van der Waals surface area contributed by atoms with Crippen LogP contribution in [0.4, 0.5) is 0 Å². The van der Waals surface area contributed by atoms with Crippen molar-refractivity contribution in [3.63, 3.8) is 0 Å². The van der Waals surface area contributed by atoms with Gasteiger partial charge in [0.05, 0.1) is 0 Å². The molecule has 0 aliphatic carbocycles. The predicted molar refractivity (Wildman–Crippen MR) is 91.4 cm³/mol. The first kappa shape index (κ1) is 30.6. The number of aryl methyl sites for hydroxylation is 6. The van der Waals surface area contributed by atoms with Crippen molar-refractivity contribution in [1.29, 1.82) is 0 Å². The molecular weight excluding hydrogens is 538 g/mol. The van der Waals surface area contributed by atoms with E-state index < -0.39 is 0 Å². The van der Waals surface area contributed by atoms with E-state index in [0.717, 1.165) is 0 Å². The smallest absolute Gasteiger partial charge is 1.00 e. The normalized spacial score (nSPS) is 8.00. The van der Waals surface area contributed by atoms with Crippen LogP contribution in [0.2, 0.25) is 11.5 Å². The van der Waals surface area contributed by atoms with Crippen LogP contribution in [0.15, 0.2) is 24.3 Å². The Bertz CT molecular complexity index is 404. The van der Waals surface area contributed by atoms with Gasteiger partial charge in [0, 0.05) is 0 Å². The van der Waals surface area contributed by atoms with Gasteiger partial charge < -0.3 is 24.8 Å². The first-order valence-corrected chi connectivity index (χ1v) is 11.8. The van der Waals surface area contributed by atoms with Crippen LogP contribution >= 0.6 is 0 Å². The van der Waals surface area contributed by atoms with Gasteiger partial charge in [-0.15, -0.1) is 0 Å². The van der Waals surface area contributed by atoms with Gasteiger partial charge in [-0.1, -0.05) is 41.5 Å². The molecule has 0 atom stereocenters. The molecule has 1 radical (unpaired) electrons. The second kappa shape index (κ2) is 16.5. The molecule has 0 unspecified atom stereocenters. The van der Waals surface area contributed by atoms with E-state index in [2.05, 4.69) is 77.3 Å². The molecule has 0 amide bonds. The van der Waals surface area contributed by atoms with Gasteiger partial charge in [-0.25, -0.2) is 12.1 Å². The molecule has 0 nitrogen and oxygen atoms in total. The SMILES string of the molecule is Cc1cc(C)c(C)[cH-]1.Cc1cc(C)c(C)[cH-]1.[CH3][GeH][CH3].[Cl-].[Cl-].[Hf+4]. The van der Waals surface area contributed by atoms with Crippen LogP contribution in [0, 0.1) is 41.5 Å². The summed E-state index contributed by atoms with van der Waals surface area (Å²) in [5.41, 5.74) is 8.37. The fourth-order valence-electron chi connectivity index (χ4n) is 1.90. The Morgan fingerprint density at radius 1 is 0.682 bits per heavy atom. The summed E-state index contributed by atoms with van der Waals surface area (Å²) < 4.78 is 0. The standard InChI is InChI=1S/2C8H11.C2H7Ge.2ClH.Hf/c2*1-6-4-7(2)8(3)5-6;1-3-2;;;/h2*4-5H,1-3H3;3H,1-2H3;2*1H;/q2*-1;;;;+4/p-2. The molecule has 0 saturated heterocycles. The molecular formula is C18H29Cl2GeHf. The first-order valence-electron chi connectivity index (χ1n) is 6.96. The fourth-order valence-corrected chi connectivity index (χ4v) is 1.90. The van der Waals surface area contributed by atoms with Gasteiger partial charge in [-0.05, 0) is 0 Å².